The fourth-order valence-electron chi connectivity index (χ4n) is 2.79. The highest BCUT2D eigenvalue weighted by Gasteiger charge is 2.31. The lowest BCUT2D eigenvalue weighted by atomic mass is 10.1. The van der Waals surface area contributed by atoms with Crippen LogP contribution in [0, 0.1) is 16.0 Å². The first-order chi connectivity index (χ1) is 9.43. The second-order valence-electron chi connectivity index (χ2n) is 5.29. The first-order valence-corrected chi connectivity index (χ1v) is 6.57. The highest BCUT2D eigenvalue weighted by molar-refractivity contribution is 5.91. The van der Waals surface area contributed by atoms with Gasteiger partial charge in [-0.3, -0.25) is 10.1 Å². The number of esters is 1. The number of ether oxygens (including phenoxy) is 1. The average molecular weight is 278 g/mol. The number of nitrogens with zero attached hydrogens (tertiary/aromatic N) is 2. The van der Waals surface area contributed by atoms with Crippen LogP contribution in [-0.4, -0.2) is 30.6 Å². The topological polar surface area (TPSA) is 72.7 Å². The van der Waals surface area contributed by atoms with Gasteiger partial charge in [-0.25, -0.2) is 4.79 Å². The van der Waals surface area contributed by atoms with E-state index in [0.717, 1.165) is 13.0 Å². The Morgan fingerprint density at radius 1 is 1.45 bits per heavy atom. The Kier molecular flexibility index (Phi) is 3.92. The molecule has 1 aliphatic rings. The number of carbonyl (C=O) groups excluding carboxylic acids is 1. The predicted molar refractivity (Wildman–Crippen MR) is 75.0 cm³/mol. The Morgan fingerprint density at radius 2 is 2.15 bits per heavy atom. The Labute approximate surface area is 117 Å². The third-order valence-corrected chi connectivity index (χ3v) is 3.69. The summed E-state index contributed by atoms with van der Waals surface area (Å²) in [7, 11) is 1.30. The number of nitro benzene ring substituents is 1. The van der Waals surface area contributed by atoms with E-state index >= 15 is 0 Å². The van der Waals surface area contributed by atoms with E-state index in [-0.39, 0.29) is 11.7 Å². The minimum absolute atomic E-state index is 0.0265. The number of carbonyl (C=O) groups is 1. The van der Waals surface area contributed by atoms with Crippen molar-refractivity contribution >= 4 is 17.3 Å². The van der Waals surface area contributed by atoms with E-state index in [2.05, 4.69) is 11.7 Å². The summed E-state index contributed by atoms with van der Waals surface area (Å²) in [4.78, 5) is 24.4. The van der Waals surface area contributed by atoms with Crippen molar-refractivity contribution in [2.45, 2.75) is 26.3 Å². The zero-order valence-electron chi connectivity index (χ0n) is 11.8. The minimum atomic E-state index is -0.485. The van der Waals surface area contributed by atoms with E-state index in [9.17, 15) is 14.9 Å². The van der Waals surface area contributed by atoms with Crippen LogP contribution in [0.3, 0.4) is 0 Å². The van der Waals surface area contributed by atoms with Gasteiger partial charge < -0.3 is 9.64 Å². The normalized spacial score (nSPS) is 21.9. The van der Waals surface area contributed by atoms with Crippen LogP contribution in [0.15, 0.2) is 18.2 Å². The molecule has 2 atom stereocenters. The second-order valence-corrected chi connectivity index (χ2v) is 5.29. The van der Waals surface area contributed by atoms with E-state index in [1.54, 1.807) is 6.07 Å². The predicted octanol–water partition coefficient (Wildman–Crippen LogP) is 2.62. The maximum Gasteiger partial charge on any atom is 0.337 e. The number of rotatable bonds is 3. The summed E-state index contributed by atoms with van der Waals surface area (Å²) in [5, 5.41) is 11.2. The quantitative estimate of drug-likeness (QED) is 0.483. The Morgan fingerprint density at radius 3 is 2.65 bits per heavy atom. The van der Waals surface area contributed by atoms with Gasteiger partial charge in [0, 0.05) is 18.7 Å². The number of benzene rings is 1. The monoisotopic (exact) mass is 278 g/mol. The van der Waals surface area contributed by atoms with Gasteiger partial charge in [0.1, 0.15) is 5.69 Å². The molecule has 20 heavy (non-hydrogen) atoms. The molecule has 2 rings (SSSR count). The van der Waals surface area contributed by atoms with Crippen LogP contribution < -0.4 is 4.90 Å². The molecular formula is C14H18N2O4. The van der Waals surface area contributed by atoms with Crippen LogP contribution >= 0.6 is 0 Å². The van der Waals surface area contributed by atoms with Crippen LogP contribution in [0.25, 0.3) is 0 Å². The molecule has 1 heterocycles. The molecule has 0 aliphatic carbocycles. The van der Waals surface area contributed by atoms with Gasteiger partial charge in [-0.05, 0) is 31.4 Å². The molecular weight excluding hydrogens is 260 g/mol. The summed E-state index contributed by atoms with van der Waals surface area (Å²) in [5.41, 5.74) is 0.855. The third-order valence-electron chi connectivity index (χ3n) is 3.69. The first-order valence-electron chi connectivity index (χ1n) is 6.57. The van der Waals surface area contributed by atoms with Crippen molar-refractivity contribution in [1.29, 1.82) is 0 Å². The number of hydrogen-bond donors (Lipinski definition) is 0. The van der Waals surface area contributed by atoms with Crippen molar-refractivity contribution in [3.63, 3.8) is 0 Å². The van der Waals surface area contributed by atoms with E-state index in [4.69, 9.17) is 0 Å². The molecule has 1 saturated heterocycles. The molecule has 0 N–H and O–H groups in total. The maximum atomic E-state index is 11.6. The van der Waals surface area contributed by atoms with Gasteiger partial charge in [-0.1, -0.05) is 6.92 Å². The largest absolute Gasteiger partial charge is 0.465 e. The standard InChI is InChI=1S/C14H18N2O4/c1-9-6-10(2)15(8-9)13-7-11(14(17)20-3)4-5-12(13)16(18)19/h4-5,7,9-10H,6,8H2,1-3H3. The molecule has 1 fully saturated rings. The molecule has 0 radical (unpaired) electrons. The summed E-state index contributed by atoms with van der Waals surface area (Å²) < 4.78 is 4.67. The fraction of sp³-hybridized carbons (Fsp3) is 0.500. The molecule has 1 aromatic rings. The van der Waals surface area contributed by atoms with Crippen molar-refractivity contribution in [2.75, 3.05) is 18.6 Å². The number of nitro groups is 1. The molecule has 2 unspecified atom stereocenters. The van der Waals surface area contributed by atoms with Gasteiger partial charge in [0.25, 0.3) is 5.69 Å². The highest BCUT2D eigenvalue weighted by atomic mass is 16.6. The average Bonchev–Trinajstić information content (AvgIpc) is 2.75. The molecule has 0 aromatic heterocycles. The van der Waals surface area contributed by atoms with Crippen molar-refractivity contribution in [3.8, 4) is 0 Å². The van der Waals surface area contributed by atoms with Crippen LogP contribution in [-0.2, 0) is 4.74 Å². The maximum absolute atomic E-state index is 11.6. The van der Waals surface area contributed by atoms with Crippen molar-refractivity contribution < 1.29 is 14.5 Å². The number of methoxy groups -OCH3 is 1. The highest BCUT2D eigenvalue weighted by Crippen LogP contribution is 2.36. The molecule has 0 saturated carbocycles. The molecule has 6 nitrogen and oxygen atoms in total. The van der Waals surface area contributed by atoms with Crippen LogP contribution in [0.4, 0.5) is 11.4 Å². The van der Waals surface area contributed by atoms with E-state index in [1.165, 1.54) is 19.2 Å². The molecule has 1 aromatic carbocycles. The molecule has 0 bridgehead atoms. The van der Waals surface area contributed by atoms with Crippen LogP contribution in [0.1, 0.15) is 30.6 Å². The molecule has 1 aliphatic heterocycles. The lowest BCUT2D eigenvalue weighted by Crippen LogP contribution is -2.27. The van der Waals surface area contributed by atoms with Crippen molar-refractivity contribution in [2.24, 2.45) is 5.92 Å². The molecule has 108 valence electrons. The van der Waals surface area contributed by atoms with E-state index in [0.29, 0.717) is 17.2 Å². The van der Waals surface area contributed by atoms with E-state index in [1.807, 2.05) is 11.8 Å². The Balaban J connectivity index is 2.47. The van der Waals surface area contributed by atoms with Crippen molar-refractivity contribution in [3.05, 3.63) is 33.9 Å². The van der Waals surface area contributed by atoms with Crippen LogP contribution in [0.2, 0.25) is 0 Å². The number of anilines is 1. The smallest absolute Gasteiger partial charge is 0.337 e. The summed E-state index contributed by atoms with van der Waals surface area (Å²) in [6.45, 7) is 4.91. The van der Waals surface area contributed by atoms with Gasteiger partial charge in [-0.2, -0.15) is 0 Å². The Hall–Kier alpha value is -2.11. The van der Waals surface area contributed by atoms with E-state index < -0.39 is 10.9 Å². The Bertz CT molecular complexity index is 544. The SMILES string of the molecule is COC(=O)c1ccc([N+](=O)[O-])c(N2CC(C)CC2C)c1. The minimum Gasteiger partial charge on any atom is -0.465 e. The molecule has 6 heteroatoms. The first kappa shape index (κ1) is 14.3. The van der Waals surface area contributed by atoms with Gasteiger partial charge in [-0.15, -0.1) is 0 Å². The zero-order valence-corrected chi connectivity index (χ0v) is 11.8. The summed E-state index contributed by atoms with van der Waals surface area (Å²) in [6.07, 6.45) is 0.986. The van der Waals surface area contributed by atoms with Gasteiger partial charge in [0.15, 0.2) is 0 Å². The van der Waals surface area contributed by atoms with Gasteiger partial charge in [0.05, 0.1) is 17.6 Å². The zero-order chi connectivity index (χ0) is 14.9. The molecule has 0 spiro atoms. The summed E-state index contributed by atoms with van der Waals surface area (Å²) >= 11 is 0. The molecule has 0 amide bonds. The lowest BCUT2D eigenvalue weighted by Gasteiger charge is -2.23. The van der Waals surface area contributed by atoms with Crippen LogP contribution in [0.5, 0.6) is 0 Å². The number of hydrogen-bond acceptors (Lipinski definition) is 5. The summed E-state index contributed by atoms with van der Waals surface area (Å²) in [5.74, 6) is -0.00701. The third kappa shape index (κ3) is 2.59. The summed E-state index contributed by atoms with van der Waals surface area (Å²) in [6, 6.07) is 4.57. The van der Waals surface area contributed by atoms with Crippen molar-refractivity contribution in [1.82, 2.24) is 0 Å². The van der Waals surface area contributed by atoms with Gasteiger partial charge >= 0.3 is 5.97 Å². The fourth-order valence-corrected chi connectivity index (χ4v) is 2.79. The van der Waals surface area contributed by atoms with Gasteiger partial charge in [0.2, 0.25) is 0 Å². The second kappa shape index (κ2) is 5.48. The lowest BCUT2D eigenvalue weighted by molar-refractivity contribution is -0.384.